The lowest BCUT2D eigenvalue weighted by Crippen LogP contribution is -2.22. The Balaban J connectivity index is 2.00. The summed E-state index contributed by atoms with van der Waals surface area (Å²) in [4.78, 5) is 26.8. The van der Waals surface area contributed by atoms with Gasteiger partial charge in [0.05, 0.1) is 17.3 Å². The van der Waals surface area contributed by atoms with Crippen LogP contribution in [0.3, 0.4) is 0 Å². The average molecular weight is 311 g/mol. The normalized spacial score (nSPS) is 19.2. The molecule has 0 radical (unpaired) electrons. The maximum Gasteiger partial charge on any atom is 0.258 e. The highest BCUT2D eigenvalue weighted by Crippen LogP contribution is 2.42. The van der Waals surface area contributed by atoms with Crippen molar-refractivity contribution in [3.8, 4) is 0 Å². The molecule has 0 bridgehead atoms. The van der Waals surface area contributed by atoms with E-state index in [9.17, 15) is 9.59 Å². The number of hydrogen-bond acceptors (Lipinski definition) is 3. The summed E-state index contributed by atoms with van der Waals surface area (Å²) in [5.74, 6) is -0.439. The fourth-order valence-electron chi connectivity index (χ4n) is 3.00. The summed E-state index contributed by atoms with van der Waals surface area (Å²) >= 11 is 6.06. The maximum atomic E-state index is 12.8. The van der Waals surface area contributed by atoms with Crippen molar-refractivity contribution in [1.82, 2.24) is 0 Å². The summed E-state index contributed by atoms with van der Waals surface area (Å²) in [5.41, 5.74) is 3.49. The molecule has 4 nitrogen and oxygen atoms in total. The van der Waals surface area contributed by atoms with Gasteiger partial charge in [-0.15, -0.1) is 11.6 Å². The number of allylic oxidation sites excluding steroid dienone is 1. The first-order valence-corrected chi connectivity index (χ1v) is 7.38. The molecule has 2 aromatic carbocycles. The lowest BCUT2D eigenvalue weighted by Gasteiger charge is -2.18. The smallest absolute Gasteiger partial charge is 0.258 e. The zero-order valence-corrected chi connectivity index (χ0v) is 12.2. The summed E-state index contributed by atoms with van der Waals surface area (Å²) in [6.07, 6.45) is 0. The second-order valence-electron chi connectivity index (χ2n) is 5.12. The Morgan fingerprint density at radius 2 is 1.64 bits per heavy atom. The second-order valence-corrected chi connectivity index (χ2v) is 5.36. The number of para-hydroxylation sites is 2. The van der Waals surface area contributed by atoms with Gasteiger partial charge in [-0.05, 0) is 18.2 Å². The minimum absolute atomic E-state index is 0.108. The molecule has 0 aromatic heterocycles. The number of halogens is 1. The number of rotatable bonds is 1. The Bertz CT molecular complexity index is 857. The van der Waals surface area contributed by atoms with Gasteiger partial charge in [0.2, 0.25) is 5.78 Å². The van der Waals surface area contributed by atoms with Crippen molar-refractivity contribution >= 4 is 40.2 Å². The summed E-state index contributed by atoms with van der Waals surface area (Å²) in [6.45, 7) is 0. The molecule has 0 aliphatic carbocycles. The molecule has 0 unspecified atom stereocenters. The summed E-state index contributed by atoms with van der Waals surface area (Å²) < 4.78 is 0. The van der Waals surface area contributed by atoms with Crippen molar-refractivity contribution in [3.63, 3.8) is 0 Å². The predicted molar refractivity (Wildman–Crippen MR) is 86.0 cm³/mol. The number of nitrogens with zero attached hydrogens (tertiary/aromatic N) is 1. The number of carbonyl (C=O) groups is 2. The van der Waals surface area contributed by atoms with E-state index in [1.165, 1.54) is 0 Å². The summed E-state index contributed by atoms with van der Waals surface area (Å²) in [7, 11) is 0. The summed E-state index contributed by atoms with van der Waals surface area (Å²) in [6, 6.07) is 14.7. The van der Waals surface area contributed by atoms with Crippen LogP contribution in [0.5, 0.6) is 0 Å². The first-order valence-electron chi connectivity index (χ1n) is 6.84. The number of fused-ring (bicyclic) bond motifs is 2. The zero-order chi connectivity index (χ0) is 15.3. The molecule has 5 heteroatoms. The fraction of sp³-hybridized carbons (Fsp3) is 0.0588. The number of nitrogens with one attached hydrogen (secondary N) is 1. The monoisotopic (exact) mass is 310 g/mol. The molecule has 2 aliphatic rings. The number of alkyl halides is 1. The highest BCUT2D eigenvalue weighted by molar-refractivity contribution is 6.39. The number of hydrogen-bond donors (Lipinski definition) is 1. The minimum Gasteiger partial charge on any atom is -0.323 e. The predicted octanol–water partition coefficient (Wildman–Crippen LogP) is 3.25. The number of Topliss-reactive ketones (excluding diaryl/α,β-unsaturated/α-hetero) is 1. The van der Waals surface area contributed by atoms with Gasteiger partial charge in [-0.1, -0.05) is 30.3 Å². The SMILES string of the molecule is O=C1Nc2ccccc2C1=C1C(=O)c2ccccc2N1CCl. The van der Waals surface area contributed by atoms with E-state index in [-0.39, 0.29) is 17.7 Å². The molecule has 1 N–H and O–H groups in total. The van der Waals surface area contributed by atoms with E-state index >= 15 is 0 Å². The Kier molecular flexibility index (Phi) is 2.81. The average Bonchev–Trinajstić information content (AvgIpc) is 3.01. The van der Waals surface area contributed by atoms with E-state index in [1.807, 2.05) is 36.4 Å². The van der Waals surface area contributed by atoms with Crippen LogP contribution in [0.25, 0.3) is 5.57 Å². The second kappa shape index (κ2) is 4.71. The molecule has 22 heavy (non-hydrogen) atoms. The minimum atomic E-state index is -0.271. The number of ketones is 1. The Hall–Kier alpha value is -2.59. The van der Waals surface area contributed by atoms with Crippen molar-refractivity contribution < 1.29 is 9.59 Å². The fourth-order valence-corrected chi connectivity index (χ4v) is 3.24. The number of anilines is 2. The van der Waals surface area contributed by atoms with Crippen LogP contribution in [-0.2, 0) is 4.79 Å². The number of carbonyl (C=O) groups excluding carboxylic acids is 2. The highest BCUT2D eigenvalue weighted by Gasteiger charge is 2.38. The van der Waals surface area contributed by atoms with Gasteiger partial charge in [0.25, 0.3) is 5.91 Å². The molecule has 0 fully saturated rings. The molecule has 2 aromatic rings. The van der Waals surface area contributed by atoms with Crippen LogP contribution in [-0.4, -0.2) is 17.7 Å². The van der Waals surface area contributed by atoms with Crippen molar-refractivity contribution in [3.05, 3.63) is 65.4 Å². The van der Waals surface area contributed by atoms with Gasteiger partial charge in [0.15, 0.2) is 0 Å². The van der Waals surface area contributed by atoms with Crippen molar-refractivity contribution in [2.45, 2.75) is 0 Å². The molecule has 4 rings (SSSR count). The van der Waals surface area contributed by atoms with Crippen molar-refractivity contribution in [2.75, 3.05) is 16.2 Å². The first kappa shape index (κ1) is 13.1. The lowest BCUT2D eigenvalue weighted by atomic mass is 10.0. The van der Waals surface area contributed by atoms with Gasteiger partial charge in [-0.25, -0.2) is 0 Å². The van der Waals surface area contributed by atoms with Crippen LogP contribution in [0.4, 0.5) is 11.4 Å². The molecule has 108 valence electrons. The molecule has 2 heterocycles. The molecule has 0 saturated heterocycles. The van der Waals surface area contributed by atoms with E-state index in [4.69, 9.17) is 11.6 Å². The molecule has 1 amide bonds. The highest BCUT2D eigenvalue weighted by atomic mass is 35.5. The van der Waals surface area contributed by atoms with Crippen LogP contribution in [0.1, 0.15) is 15.9 Å². The standard InChI is InChI=1S/C17H11ClN2O2/c18-9-20-13-8-4-2-6-11(13)16(21)15(20)14-10-5-1-3-7-12(10)19-17(14)22/h1-8H,9H2,(H,19,22). The third-order valence-corrected chi connectivity index (χ3v) is 4.19. The Labute approximate surface area is 132 Å². The van der Waals surface area contributed by atoms with Gasteiger partial charge < -0.3 is 10.2 Å². The van der Waals surface area contributed by atoms with E-state index in [2.05, 4.69) is 5.32 Å². The molecule has 2 aliphatic heterocycles. The van der Waals surface area contributed by atoms with E-state index in [0.717, 1.165) is 11.3 Å². The third kappa shape index (κ3) is 1.64. The van der Waals surface area contributed by atoms with E-state index in [0.29, 0.717) is 22.5 Å². The molecular weight excluding hydrogens is 300 g/mol. The molecular formula is C17H11ClN2O2. The Morgan fingerprint density at radius 1 is 0.955 bits per heavy atom. The summed E-state index contributed by atoms with van der Waals surface area (Å²) in [5, 5.41) is 2.80. The van der Waals surface area contributed by atoms with Crippen molar-refractivity contribution in [1.29, 1.82) is 0 Å². The first-order chi connectivity index (χ1) is 10.7. The van der Waals surface area contributed by atoms with Crippen LogP contribution in [0.2, 0.25) is 0 Å². The van der Waals surface area contributed by atoms with Gasteiger partial charge in [0, 0.05) is 16.8 Å². The lowest BCUT2D eigenvalue weighted by molar-refractivity contribution is -0.110. The molecule has 0 spiro atoms. The van der Waals surface area contributed by atoms with Gasteiger partial charge >= 0.3 is 0 Å². The van der Waals surface area contributed by atoms with Crippen molar-refractivity contribution in [2.24, 2.45) is 0 Å². The maximum absolute atomic E-state index is 12.8. The number of amides is 1. The van der Waals surface area contributed by atoms with Crippen LogP contribution in [0, 0.1) is 0 Å². The van der Waals surface area contributed by atoms with Crippen LogP contribution >= 0.6 is 11.6 Å². The Morgan fingerprint density at radius 3 is 2.41 bits per heavy atom. The molecule has 0 saturated carbocycles. The van der Waals surface area contributed by atoms with Gasteiger partial charge in [-0.2, -0.15) is 0 Å². The van der Waals surface area contributed by atoms with E-state index < -0.39 is 0 Å². The topological polar surface area (TPSA) is 49.4 Å². The van der Waals surface area contributed by atoms with Gasteiger partial charge in [0.1, 0.15) is 5.70 Å². The van der Waals surface area contributed by atoms with Crippen LogP contribution in [0.15, 0.2) is 54.2 Å². The quantitative estimate of drug-likeness (QED) is 0.500. The third-order valence-electron chi connectivity index (χ3n) is 3.95. The van der Waals surface area contributed by atoms with Crippen LogP contribution < -0.4 is 10.2 Å². The number of benzene rings is 2. The largest absolute Gasteiger partial charge is 0.323 e. The zero-order valence-electron chi connectivity index (χ0n) is 11.5. The van der Waals surface area contributed by atoms with Gasteiger partial charge in [-0.3, -0.25) is 9.59 Å². The molecule has 0 atom stereocenters. The van der Waals surface area contributed by atoms with E-state index in [1.54, 1.807) is 17.0 Å².